The molecule has 6 rings (SSSR count). The van der Waals surface area contributed by atoms with Crippen LogP contribution in [0, 0.1) is 5.82 Å². The molecule has 3 heterocycles. The highest BCUT2D eigenvalue weighted by molar-refractivity contribution is 5.93. The molecule has 3 amide bonds. The van der Waals surface area contributed by atoms with Crippen molar-refractivity contribution in [1.29, 1.82) is 0 Å². The number of benzene rings is 2. The van der Waals surface area contributed by atoms with Gasteiger partial charge in [-0.25, -0.2) is 14.2 Å². The molecule has 8 nitrogen and oxygen atoms in total. The Labute approximate surface area is 188 Å². The van der Waals surface area contributed by atoms with Crippen LogP contribution in [0.3, 0.4) is 0 Å². The summed E-state index contributed by atoms with van der Waals surface area (Å²) in [7, 11) is 0. The van der Waals surface area contributed by atoms with Crippen molar-refractivity contribution >= 4 is 23.4 Å². The summed E-state index contributed by atoms with van der Waals surface area (Å²) in [6.45, 7) is 0. The number of carbonyl (C=O) groups is 2. The Balaban J connectivity index is 1.16. The second kappa shape index (κ2) is 7.47. The van der Waals surface area contributed by atoms with Crippen LogP contribution in [0.25, 0.3) is 0 Å². The molecular formula is C24H19FN4O4. The number of aromatic nitrogens is 1. The van der Waals surface area contributed by atoms with Gasteiger partial charge in [-0.3, -0.25) is 4.79 Å². The summed E-state index contributed by atoms with van der Waals surface area (Å²) in [6.07, 6.45) is 2.39. The van der Waals surface area contributed by atoms with Crippen molar-refractivity contribution in [3.8, 4) is 17.2 Å². The number of rotatable bonds is 4. The molecule has 9 heteroatoms. The zero-order valence-electron chi connectivity index (χ0n) is 17.3. The highest BCUT2D eigenvalue weighted by Gasteiger charge is 2.59. The van der Waals surface area contributed by atoms with E-state index in [4.69, 9.17) is 9.47 Å². The Bertz CT molecular complexity index is 1300. The van der Waals surface area contributed by atoms with Crippen molar-refractivity contribution < 1.29 is 23.5 Å². The van der Waals surface area contributed by atoms with Gasteiger partial charge in [-0.05, 0) is 42.8 Å². The zero-order chi connectivity index (χ0) is 22.5. The van der Waals surface area contributed by atoms with Gasteiger partial charge in [-0.1, -0.05) is 12.1 Å². The van der Waals surface area contributed by atoms with Crippen molar-refractivity contribution in [2.75, 3.05) is 10.6 Å². The van der Waals surface area contributed by atoms with Gasteiger partial charge in [0.05, 0.1) is 17.6 Å². The second-order valence-electron chi connectivity index (χ2n) is 8.20. The SMILES string of the molecule is O=C1CCc2c(Oc3ccc4c(c3)[C@H]3[C@H](NC(=O)Nc5ccccc5F)[C@H]3O4)ccnc2N1. The van der Waals surface area contributed by atoms with Crippen LogP contribution in [-0.2, 0) is 11.2 Å². The third kappa shape index (κ3) is 3.51. The number of anilines is 2. The molecule has 0 radical (unpaired) electrons. The Morgan fingerprint density at radius 2 is 2.06 bits per heavy atom. The summed E-state index contributed by atoms with van der Waals surface area (Å²) < 4.78 is 25.8. The molecular weight excluding hydrogens is 427 g/mol. The summed E-state index contributed by atoms with van der Waals surface area (Å²) in [5, 5.41) is 8.15. The summed E-state index contributed by atoms with van der Waals surface area (Å²) in [5.74, 6) is 2.01. The van der Waals surface area contributed by atoms with Crippen LogP contribution in [0.5, 0.6) is 17.2 Å². The smallest absolute Gasteiger partial charge is 0.319 e. The first kappa shape index (κ1) is 19.5. The Morgan fingerprint density at radius 3 is 2.94 bits per heavy atom. The maximum absolute atomic E-state index is 13.8. The summed E-state index contributed by atoms with van der Waals surface area (Å²) in [4.78, 5) is 28.2. The van der Waals surface area contributed by atoms with Crippen LogP contribution in [-0.4, -0.2) is 29.1 Å². The predicted molar refractivity (Wildman–Crippen MR) is 117 cm³/mol. The quantitative estimate of drug-likeness (QED) is 0.564. The van der Waals surface area contributed by atoms with Crippen LogP contribution < -0.4 is 25.4 Å². The molecule has 3 aromatic rings. The van der Waals surface area contributed by atoms with Crippen molar-refractivity contribution in [2.45, 2.75) is 30.9 Å². The number of amides is 3. The van der Waals surface area contributed by atoms with Crippen LogP contribution in [0.15, 0.2) is 54.7 Å². The van der Waals surface area contributed by atoms with Gasteiger partial charge in [-0.15, -0.1) is 0 Å². The number of para-hydroxylation sites is 1. The van der Waals surface area contributed by atoms with Crippen LogP contribution in [0.4, 0.5) is 20.7 Å². The van der Waals surface area contributed by atoms with Gasteiger partial charge < -0.3 is 25.4 Å². The normalized spacial score (nSPS) is 21.6. The summed E-state index contributed by atoms with van der Waals surface area (Å²) in [6, 6.07) is 12.7. The van der Waals surface area contributed by atoms with Crippen molar-refractivity contribution in [1.82, 2.24) is 10.3 Å². The summed E-state index contributed by atoms with van der Waals surface area (Å²) >= 11 is 0. The Hall–Kier alpha value is -4.14. The number of nitrogens with one attached hydrogen (secondary N) is 3. The lowest BCUT2D eigenvalue weighted by Crippen LogP contribution is -2.34. The first-order chi connectivity index (χ1) is 16.1. The van der Waals surface area contributed by atoms with Gasteiger partial charge in [-0.2, -0.15) is 0 Å². The molecule has 3 N–H and O–H groups in total. The molecule has 0 spiro atoms. The molecule has 1 fully saturated rings. The third-order valence-electron chi connectivity index (χ3n) is 6.08. The fraction of sp³-hybridized carbons (Fsp3) is 0.208. The number of hydrogen-bond donors (Lipinski definition) is 3. The molecule has 3 atom stereocenters. The molecule has 2 aliphatic heterocycles. The van der Waals surface area contributed by atoms with E-state index in [0.717, 1.165) is 16.9 Å². The molecule has 33 heavy (non-hydrogen) atoms. The molecule has 166 valence electrons. The molecule has 2 aromatic carbocycles. The van der Waals surface area contributed by atoms with Crippen LogP contribution >= 0.6 is 0 Å². The van der Waals surface area contributed by atoms with E-state index in [1.165, 1.54) is 12.1 Å². The van der Waals surface area contributed by atoms with E-state index in [2.05, 4.69) is 20.9 Å². The van der Waals surface area contributed by atoms with E-state index in [0.29, 0.717) is 30.2 Å². The zero-order valence-corrected chi connectivity index (χ0v) is 17.3. The predicted octanol–water partition coefficient (Wildman–Crippen LogP) is 3.95. The van der Waals surface area contributed by atoms with Crippen molar-refractivity contribution in [3.63, 3.8) is 0 Å². The molecule has 1 saturated carbocycles. The van der Waals surface area contributed by atoms with E-state index < -0.39 is 11.8 Å². The van der Waals surface area contributed by atoms with E-state index in [1.807, 2.05) is 18.2 Å². The van der Waals surface area contributed by atoms with Gasteiger partial charge in [0.1, 0.15) is 35.0 Å². The highest BCUT2D eigenvalue weighted by atomic mass is 19.1. The largest absolute Gasteiger partial charge is 0.487 e. The van der Waals surface area contributed by atoms with Gasteiger partial charge in [0.2, 0.25) is 5.91 Å². The molecule has 3 aliphatic rings. The summed E-state index contributed by atoms with van der Waals surface area (Å²) in [5.41, 5.74) is 1.93. The molecule has 0 unspecified atom stereocenters. The minimum absolute atomic E-state index is 0.000522. The average Bonchev–Trinajstić information content (AvgIpc) is 3.31. The van der Waals surface area contributed by atoms with E-state index in [9.17, 15) is 14.0 Å². The number of nitrogens with zero attached hydrogens (tertiary/aromatic N) is 1. The number of ether oxygens (including phenoxy) is 2. The lowest BCUT2D eigenvalue weighted by atomic mass is 10.1. The molecule has 1 aliphatic carbocycles. The first-order valence-electron chi connectivity index (χ1n) is 10.6. The van der Waals surface area contributed by atoms with Gasteiger partial charge in [0.25, 0.3) is 0 Å². The topological polar surface area (TPSA) is 102 Å². The standard InChI is InChI=1S/C24H19FN4O4/c25-15-3-1-2-4-16(15)27-24(31)29-21-20-14-11-12(5-7-17(14)33-22(20)21)32-18-9-10-26-23-13(18)6-8-19(30)28-23/h1-5,7,9-11,20-22H,6,8H2,(H,26,28,30)(H2,27,29,31)/t20-,21-,22-/m0/s1. The number of pyridine rings is 1. The number of urea groups is 1. The van der Waals surface area contributed by atoms with Crippen molar-refractivity contribution in [3.05, 3.63) is 71.7 Å². The van der Waals surface area contributed by atoms with Crippen LogP contribution in [0.2, 0.25) is 0 Å². The number of hydrogen-bond acceptors (Lipinski definition) is 5. The maximum atomic E-state index is 13.8. The lowest BCUT2D eigenvalue weighted by molar-refractivity contribution is -0.116. The van der Waals surface area contributed by atoms with Crippen LogP contribution in [0.1, 0.15) is 23.5 Å². The molecule has 1 aromatic heterocycles. The highest BCUT2D eigenvalue weighted by Crippen LogP contribution is 2.54. The Kier molecular flexibility index (Phi) is 4.42. The van der Waals surface area contributed by atoms with Gasteiger partial charge in [0.15, 0.2) is 0 Å². The van der Waals surface area contributed by atoms with E-state index >= 15 is 0 Å². The second-order valence-corrected chi connectivity index (χ2v) is 8.20. The molecule has 0 saturated heterocycles. The fourth-order valence-corrected chi connectivity index (χ4v) is 4.43. The third-order valence-corrected chi connectivity index (χ3v) is 6.08. The molecule has 0 bridgehead atoms. The minimum atomic E-state index is -0.495. The monoisotopic (exact) mass is 446 g/mol. The van der Waals surface area contributed by atoms with Gasteiger partial charge >= 0.3 is 6.03 Å². The van der Waals surface area contributed by atoms with E-state index in [1.54, 1.807) is 24.4 Å². The van der Waals surface area contributed by atoms with E-state index in [-0.39, 0.29) is 29.7 Å². The minimum Gasteiger partial charge on any atom is -0.487 e. The van der Waals surface area contributed by atoms with Gasteiger partial charge in [0, 0.05) is 23.7 Å². The fourth-order valence-electron chi connectivity index (χ4n) is 4.43. The number of carbonyl (C=O) groups excluding carboxylic acids is 2. The Morgan fingerprint density at radius 1 is 1.18 bits per heavy atom. The lowest BCUT2D eigenvalue weighted by Gasteiger charge is -2.19. The number of halogens is 1. The average molecular weight is 446 g/mol. The van der Waals surface area contributed by atoms with Crippen molar-refractivity contribution in [2.24, 2.45) is 0 Å². The first-order valence-corrected chi connectivity index (χ1v) is 10.6. The number of fused-ring (bicyclic) bond motifs is 4. The maximum Gasteiger partial charge on any atom is 0.319 e.